The first kappa shape index (κ1) is 11.8. The maximum absolute atomic E-state index is 4.06. The first-order chi connectivity index (χ1) is 7.38. The lowest BCUT2D eigenvalue weighted by atomic mass is 10.2. The third-order valence-corrected chi connectivity index (χ3v) is 2.28. The summed E-state index contributed by atoms with van der Waals surface area (Å²) in [5.41, 5.74) is 2.12. The van der Waals surface area contributed by atoms with Crippen molar-refractivity contribution >= 4 is 11.0 Å². The lowest BCUT2D eigenvalue weighted by molar-refractivity contribution is 0.702. The number of aromatic nitrogens is 2. The van der Waals surface area contributed by atoms with Crippen molar-refractivity contribution in [2.24, 2.45) is 0 Å². The Balaban J connectivity index is 0.000000167. The second-order valence-corrected chi connectivity index (χ2v) is 3.63. The van der Waals surface area contributed by atoms with E-state index in [0.717, 1.165) is 11.0 Å². The van der Waals surface area contributed by atoms with Gasteiger partial charge in [-0.25, -0.2) is 4.98 Å². The van der Waals surface area contributed by atoms with E-state index in [9.17, 15) is 0 Å². The van der Waals surface area contributed by atoms with E-state index in [1.807, 2.05) is 24.3 Å². The van der Waals surface area contributed by atoms with Crippen LogP contribution in [0.5, 0.6) is 0 Å². The maximum Gasteiger partial charge on any atom is 0.0931 e. The molecule has 0 radical (unpaired) electrons. The molecule has 82 valence electrons. The number of hydrogen-bond acceptors (Lipinski definition) is 1. The van der Waals surface area contributed by atoms with E-state index in [4.69, 9.17) is 0 Å². The van der Waals surface area contributed by atoms with E-state index in [-0.39, 0.29) is 0 Å². The summed E-state index contributed by atoms with van der Waals surface area (Å²) in [5.74, 6) is 0. The Morgan fingerprint density at radius 1 is 1.07 bits per heavy atom. The van der Waals surface area contributed by atoms with E-state index in [2.05, 4.69) is 23.8 Å². The molecule has 0 fully saturated rings. The molecule has 0 spiro atoms. The maximum atomic E-state index is 4.06. The summed E-state index contributed by atoms with van der Waals surface area (Å²) in [6, 6.07) is 7.94. The van der Waals surface area contributed by atoms with Gasteiger partial charge in [0.05, 0.1) is 17.4 Å². The zero-order valence-electron chi connectivity index (χ0n) is 9.66. The van der Waals surface area contributed by atoms with Gasteiger partial charge in [0.2, 0.25) is 0 Å². The number of nitrogens with zero attached hydrogens (tertiary/aromatic N) is 1. The van der Waals surface area contributed by atoms with Crippen LogP contribution >= 0.6 is 0 Å². The Kier molecular flexibility index (Phi) is 5.52. The Morgan fingerprint density at radius 2 is 1.73 bits per heavy atom. The number of rotatable bonds is 3. The number of H-pyrrole nitrogens is 1. The molecule has 1 N–H and O–H groups in total. The molecule has 0 aliphatic heterocycles. The zero-order valence-corrected chi connectivity index (χ0v) is 9.66. The Labute approximate surface area is 91.7 Å². The van der Waals surface area contributed by atoms with Gasteiger partial charge >= 0.3 is 0 Å². The summed E-state index contributed by atoms with van der Waals surface area (Å²) in [6.45, 7) is 4.46. The topological polar surface area (TPSA) is 28.7 Å². The summed E-state index contributed by atoms with van der Waals surface area (Å²) < 4.78 is 0. The number of aromatic amines is 1. The Morgan fingerprint density at radius 3 is 2.33 bits per heavy atom. The molecule has 15 heavy (non-hydrogen) atoms. The molecule has 1 aromatic heterocycles. The van der Waals surface area contributed by atoms with Crippen LogP contribution in [0.3, 0.4) is 0 Å². The number of nitrogens with one attached hydrogen (secondary N) is 1. The highest BCUT2D eigenvalue weighted by Crippen LogP contribution is 2.05. The van der Waals surface area contributed by atoms with E-state index in [1.54, 1.807) is 6.33 Å². The fourth-order valence-electron chi connectivity index (χ4n) is 1.38. The third-order valence-electron chi connectivity index (χ3n) is 2.28. The molecule has 2 heteroatoms. The van der Waals surface area contributed by atoms with E-state index in [0.29, 0.717) is 0 Å². The highest BCUT2D eigenvalue weighted by atomic mass is 14.9. The van der Waals surface area contributed by atoms with Crippen LogP contribution < -0.4 is 0 Å². The number of unbranched alkanes of at least 4 members (excludes halogenated alkanes) is 3. The van der Waals surface area contributed by atoms with E-state index < -0.39 is 0 Å². The largest absolute Gasteiger partial charge is 0.345 e. The van der Waals surface area contributed by atoms with Crippen LogP contribution in [0, 0.1) is 0 Å². The quantitative estimate of drug-likeness (QED) is 0.747. The SMILES string of the molecule is CCCCCC.c1ccc2[nH]cnc2c1. The third kappa shape index (κ3) is 4.15. The Bertz CT molecular complexity index is 331. The molecule has 0 unspecified atom stereocenters. The number of fused-ring (bicyclic) bond motifs is 1. The number of imidazole rings is 1. The Hall–Kier alpha value is -1.31. The molecule has 1 aromatic carbocycles. The van der Waals surface area contributed by atoms with Crippen LogP contribution in [-0.4, -0.2) is 9.97 Å². The van der Waals surface area contributed by atoms with Crippen LogP contribution in [-0.2, 0) is 0 Å². The monoisotopic (exact) mass is 204 g/mol. The van der Waals surface area contributed by atoms with Crippen molar-refractivity contribution in [2.45, 2.75) is 39.5 Å². The molecule has 0 amide bonds. The second kappa shape index (κ2) is 7.04. The minimum atomic E-state index is 1.03. The van der Waals surface area contributed by atoms with Crippen molar-refractivity contribution in [1.29, 1.82) is 0 Å². The van der Waals surface area contributed by atoms with Gasteiger partial charge in [-0.3, -0.25) is 0 Å². The predicted molar refractivity (Wildman–Crippen MR) is 65.9 cm³/mol. The number of para-hydroxylation sites is 2. The summed E-state index contributed by atoms with van der Waals surface area (Å²) >= 11 is 0. The summed E-state index contributed by atoms with van der Waals surface area (Å²) in [7, 11) is 0. The molecule has 1 heterocycles. The minimum Gasteiger partial charge on any atom is -0.345 e. The zero-order chi connectivity index (χ0) is 10.9. The van der Waals surface area contributed by atoms with Gasteiger partial charge in [0.1, 0.15) is 0 Å². The van der Waals surface area contributed by atoms with Crippen LogP contribution in [0.15, 0.2) is 30.6 Å². The normalized spacial score (nSPS) is 9.73. The molecule has 0 aliphatic rings. The van der Waals surface area contributed by atoms with Crippen molar-refractivity contribution in [3.05, 3.63) is 30.6 Å². The first-order valence-electron chi connectivity index (χ1n) is 5.76. The minimum absolute atomic E-state index is 1.03. The summed E-state index contributed by atoms with van der Waals surface area (Å²) in [4.78, 5) is 7.07. The summed E-state index contributed by atoms with van der Waals surface area (Å²) in [5, 5.41) is 0. The van der Waals surface area contributed by atoms with Crippen molar-refractivity contribution in [3.8, 4) is 0 Å². The molecule has 2 nitrogen and oxygen atoms in total. The average molecular weight is 204 g/mol. The van der Waals surface area contributed by atoms with Gasteiger partial charge in [-0.1, -0.05) is 51.7 Å². The van der Waals surface area contributed by atoms with Crippen molar-refractivity contribution in [3.63, 3.8) is 0 Å². The van der Waals surface area contributed by atoms with Gasteiger partial charge in [0.25, 0.3) is 0 Å². The molecule has 0 bridgehead atoms. The van der Waals surface area contributed by atoms with Crippen molar-refractivity contribution < 1.29 is 0 Å². The van der Waals surface area contributed by atoms with Gasteiger partial charge < -0.3 is 4.98 Å². The highest BCUT2D eigenvalue weighted by Gasteiger charge is 1.88. The molecule has 0 aliphatic carbocycles. The van der Waals surface area contributed by atoms with Gasteiger partial charge in [-0.2, -0.15) is 0 Å². The smallest absolute Gasteiger partial charge is 0.0931 e. The van der Waals surface area contributed by atoms with Crippen LogP contribution in [0.1, 0.15) is 39.5 Å². The van der Waals surface area contributed by atoms with Crippen molar-refractivity contribution in [1.82, 2.24) is 9.97 Å². The second-order valence-electron chi connectivity index (χ2n) is 3.63. The first-order valence-corrected chi connectivity index (χ1v) is 5.76. The fraction of sp³-hybridized carbons (Fsp3) is 0.462. The van der Waals surface area contributed by atoms with E-state index in [1.165, 1.54) is 25.7 Å². The predicted octanol–water partition coefficient (Wildman–Crippen LogP) is 4.15. The van der Waals surface area contributed by atoms with Crippen LogP contribution in [0.4, 0.5) is 0 Å². The number of hydrogen-bond donors (Lipinski definition) is 1. The molecule has 2 aromatic rings. The molecule has 0 atom stereocenters. The van der Waals surface area contributed by atoms with Crippen LogP contribution in [0.25, 0.3) is 11.0 Å². The highest BCUT2D eigenvalue weighted by molar-refractivity contribution is 5.73. The van der Waals surface area contributed by atoms with Gasteiger partial charge in [0, 0.05) is 0 Å². The van der Waals surface area contributed by atoms with Crippen molar-refractivity contribution in [2.75, 3.05) is 0 Å². The molecular formula is C13H20N2. The van der Waals surface area contributed by atoms with Crippen LogP contribution in [0.2, 0.25) is 0 Å². The lowest BCUT2D eigenvalue weighted by Gasteiger charge is -1.86. The van der Waals surface area contributed by atoms with Gasteiger partial charge in [0.15, 0.2) is 0 Å². The van der Waals surface area contributed by atoms with Gasteiger partial charge in [-0.05, 0) is 12.1 Å². The standard InChI is InChI=1S/C7H6N2.C6H14/c1-2-4-7-6(3-1)8-5-9-7;1-3-5-6-4-2/h1-5H,(H,8,9);3-6H2,1-2H3. The molecule has 0 saturated heterocycles. The summed E-state index contributed by atoms with van der Waals surface area (Å²) in [6.07, 6.45) is 7.24. The van der Waals surface area contributed by atoms with Gasteiger partial charge in [-0.15, -0.1) is 0 Å². The lowest BCUT2D eigenvalue weighted by Crippen LogP contribution is -1.66. The molecule has 0 saturated carbocycles. The number of benzene rings is 1. The molecule has 2 rings (SSSR count). The molecular weight excluding hydrogens is 184 g/mol. The average Bonchev–Trinajstić information content (AvgIpc) is 2.75. The van der Waals surface area contributed by atoms with E-state index >= 15 is 0 Å². The fourth-order valence-corrected chi connectivity index (χ4v) is 1.38.